The summed E-state index contributed by atoms with van der Waals surface area (Å²) in [5.74, 6) is -1.42. The number of aliphatic carboxylic acids is 1. The van der Waals surface area contributed by atoms with E-state index in [9.17, 15) is 24.9 Å². The van der Waals surface area contributed by atoms with Crippen molar-refractivity contribution >= 4 is 41.2 Å². The van der Waals surface area contributed by atoms with E-state index < -0.39 is 55.5 Å². The van der Waals surface area contributed by atoms with Crippen molar-refractivity contribution in [3.63, 3.8) is 0 Å². The maximum atomic E-state index is 11.7. The van der Waals surface area contributed by atoms with Crippen molar-refractivity contribution in [2.75, 3.05) is 25.0 Å². The number of carboxylic acid groups (broad SMARTS) is 1. The Morgan fingerprint density at radius 3 is 2.73 bits per heavy atom. The van der Waals surface area contributed by atoms with Gasteiger partial charge in [-0.15, -0.1) is 0 Å². The Hall–Kier alpha value is -2.95. The third-order valence-corrected chi connectivity index (χ3v) is 5.20. The van der Waals surface area contributed by atoms with Crippen LogP contribution in [0.4, 0.5) is 5.95 Å². The molecule has 14 nitrogen and oxygen atoms in total. The van der Waals surface area contributed by atoms with Gasteiger partial charge in [0.15, 0.2) is 10.9 Å². The highest BCUT2D eigenvalue weighted by atomic mass is 32.1. The lowest BCUT2D eigenvalue weighted by molar-refractivity contribution is -0.139. The summed E-state index contributed by atoms with van der Waals surface area (Å²) in [5, 5.41) is 43.7. The number of nitrogens with one attached hydrogen (secondary N) is 3. The van der Waals surface area contributed by atoms with E-state index in [1.807, 2.05) is 0 Å². The highest BCUT2D eigenvalue weighted by Crippen LogP contribution is 2.31. The van der Waals surface area contributed by atoms with E-state index in [2.05, 4.69) is 25.6 Å². The summed E-state index contributed by atoms with van der Waals surface area (Å²) in [6.45, 7) is 0.0150. The number of nitrogens with two attached hydrogens (primary N) is 1. The van der Waals surface area contributed by atoms with Gasteiger partial charge in [0, 0.05) is 13.1 Å². The quantitative estimate of drug-likeness (QED) is 0.136. The number of aliphatic hydroxyl groups is 3. The van der Waals surface area contributed by atoms with Gasteiger partial charge in [-0.1, -0.05) is 24.4 Å². The van der Waals surface area contributed by atoms with Crippen LogP contribution in [0.3, 0.4) is 0 Å². The van der Waals surface area contributed by atoms with Crippen LogP contribution < -0.4 is 16.4 Å². The Labute approximate surface area is 192 Å². The predicted molar refractivity (Wildman–Crippen MR) is 117 cm³/mol. The van der Waals surface area contributed by atoms with Crippen LogP contribution in [-0.2, 0) is 14.3 Å². The highest BCUT2D eigenvalue weighted by molar-refractivity contribution is 7.71. The molecule has 0 radical (unpaired) electrons. The van der Waals surface area contributed by atoms with Gasteiger partial charge in [0.25, 0.3) is 0 Å². The molecule has 1 fully saturated rings. The van der Waals surface area contributed by atoms with Gasteiger partial charge < -0.3 is 46.5 Å². The lowest BCUT2D eigenvalue weighted by Crippen LogP contribution is -2.41. The van der Waals surface area contributed by atoms with Crippen molar-refractivity contribution in [2.45, 2.75) is 37.0 Å². The first-order chi connectivity index (χ1) is 15.7. The number of aliphatic hydroxyl groups excluding tert-OH is 3. The number of anilines is 1. The van der Waals surface area contributed by atoms with E-state index in [1.165, 1.54) is 10.9 Å². The molecule has 2 aromatic rings. The standard InChI is InChI=1S/C18H25N7O7S/c19-8(5-10(27)28)15(31)20-3-1-2-4-21-18-23-14-11(16(33)24-18)22-7-25(14)17-13(30)12(29)9(6-26)32-17/h1-2,7-9,12-13,17,26,29-30H,3-6,19H2,(H,20,31)(H,27,28)(H2,21,23,24,33)/b2-1+/t8?,9-,12?,13?,17-/m1/s1. The van der Waals surface area contributed by atoms with Crippen LogP contribution in [-0.4, -0.2) is 95.9 Å². The van der Waals surface area contributed by atoms with E-state index >= 15 is 0 Å². The second-order valence-electron chi connectivity index (χ2n) is 7.27. The van der Waals surface area contributed by atoms with Gasteiger partial charge in [0.05, 0.1) is 25.4 Å². The predicted octanol–water partition coefficient (Wildman–Crippen LogP) is -2.01. The molecule has 3 rings (SSSR count). The van der Waals surface area contributed by atoms with Gasteiger partial charge in [0.1, 0.15) is 29.5 Å². The number of fused-ring (bicyclic) bond motifs is 1. The molecule has 15 heteroatoms. The molecule has 0 aromatic carbocycles. The number of carbonyl (C=O) groups excluding carboxylic acids is 1. The molecule has 0 aliphatic carbocycles. The van der Waals surface area contributed by atoms with E-state index in [0.717, 1.165) is 0 Å². The molecule has 1 aliphatic heterocycles. The van der Waals surface area contributed by atoms with Crippen LogP contribution in [0.25, 0.3) is 11.2 Å². The smallest absolute Gasteiger partial charge is 0.305 e. The summed E-state index contributed by atoms with van der Waals surface area (Å²) in [6.07, 6.45) is -0.182. The number of hydrogen-bond acceptors (Lipinski definition) is 11. The Morgan fingerprint density at radius 1 is 1.33 bits per heavy atom. The van der Waals surface area contributed by atoms with Crippen LogP contribution in [0, 0.1) is 4.64 Å². The summed E-state index contributed by atoms with van der Waals surface area (Å²) in [4.78, 5) is 33.6. The Balaban J connectivity index is 1.61. The normalized spacial score (nSPS) is 23.8. The molecule has 0 saturated carbocycles. The third-order valence-electron chi connectivity index (χ3n) is 4.92. The maximum Gasteiger partial charge on any atom is 0.305 e. The SMILES string of the molecule is NC(CC(=O)O)C(=O)NC/C=C/CNc1nc(=S)c2ncn([C@@H]3O[C@H](CO)C(O)C3O)c2[nH]1. The Bertz CT molecular complexity index is 1090. The monoisotopic (exact) mass is 483 g/mol. The number of carboxylic acids is 1. The van der Waals surface area contributed by atoms with Crippen molar-refractivity contribution in [3.05, 3.63) is 23.1 Å². The van der Waals surface area contributed by atoms with Crippen molar-refractivity contribution < 1.29 is 34.8 Å². The van der Waals surface area contributed by atoms with Crippen LogP contribution in [0.2, 0.25) is 0 Å². The van der Waals surface area contributed by atoms with Crippen molar-refractivity contribution in [3.8, 4) is 0 Å². The second-order valence-corrected chi connectivity index (χ2v) is 7.66. The van der Waals surface area contributed by atoms with Gasteiger partial charge in [-0.05, 0) is 0 Å². The number of carbonyl (C=O) groups is 2. The number of nitrogens with zero attached hydrogens (tertiary/aromatic N) is 3. The number of H-pyrrole nitrogens is 1. The molecule has 1 aliphatic rings. The topological polar surface area (TPSA) is 221 Å². The first-order valence-corrected chi connectivity index (χ1v) is 10.4. The van der Waals surface area contributed by atoms with Crippen LogP contribution in [0.15, 0.2) is 18.5 Å². The lowest BCUT2D eigenvalue weighted by Gasteiger charge is -2.17. The van der Waals surface area contributed by atoms with Crippen molar-refractivity contribution in [2.24, 2.45) is 5.73 Å². The van der Waals surface area contributed by atoms with Crippen molar-refractivity contribution in [1.29, 1.82) is 0 Å². The summed E-state index contributed by atoms with van der Waals surface area (Å²) >= 11 is 5.27. The molecule has 3 unspecified atom stereocenters. The maximum absolute atomic E-state index is 11.7. The fourth-order valence-corrected chi connectivity index (χ4v) is 3.46. The van der Waals surface area contributed by atoms with Crippen LogP contribution in [0.1, 0.15) is 12.6 Å². The zero-order chi connectivity index (χ0) is 24.1. The van der Waals surface area contributed by atoms with E-state index in [1.54, 1.807) is 12.2 Å². The summed E-state index contributed by atoms with van der Waals surface area (Å²) in [5.41, 5.74) is 6.23. The molecule has 2 aromatic heterocycles. The number of aromatic amines is 1. The van der Waals surface area contributed by atoms with Gasteiger partial charge in [-0.3, -0.25) is 14.2 Å². The molecule has 9 N–H and O–H groups in total. The number of hydrogen-bond donors (Lipinski definition) is 8. The largest absolute Gasteiger partial charge is 0.481 e. The fourth-order valence-electron chi connectivity index (χ4n) is 3.22. The number of ether oxygens (including phenoxy) is 1. The fraction of sp³-hybridized carbons (Fsp3) is 0.500. The molecule has 3 heterocycles. The number of rotatable bonds is 10. The second kappa shape index (κ2) is 10.8. The first-order valence-electron chi connectivity index (χ1n) is 9.96. The van der Waals surface area contributed by atoms with E-state index in [0.29, 0.717) is 23.7 Å². The molecule has 33 heavy (non-hydrogen) atoms. The Kier molecular flexibility index (Phi) is 8.06. The molecular formula is C18H25N7O7S. The van der Waals surface area contributed by atoms with Crippen LogP contribution >= 0.6 is 12.2 Å². The number of amides is 1. The van der Waals surface area contributed by atoms with E-state index in [4.69, 9.17) is 27.8 Å². The number of imidazole rings is 1. The minimum atomic E-state index is -1.28. The average Bonchev–Trinajstić information content (AvgIpc) is 3.31. The molecule has 0 bridgehead atoms. The molecule has 180 valence electrons. The number of aromatic nitrogens is 4. The van der Waals surface area contributed by atoms with Crippen LogP contribution in [0.5, 0.6) is 0 Å². The molecule has 1 saturated heterocycles. The Morgan fingerprint density at radius 2 is 2.06 bits per heavy atom. The minimum absolute atomic E-state index is 0.161. The zero-order valence-electron chi connectivity index (χ0n) is 17.3. The van der Waals surface area contributed by atoms with Gasteiger partial charge in [0.2, 0.25) is 11.9 Å². The van der Waals surface area contributed by atoms with Gasteiger partial charge in [-0.2, -0.15) is 0 Å². The summed E-state index contributed by atoms with van der Waals surface area (Å²) in [6, 6.07) is -1.12. The summed E-state index contributed by atoms with van der Waals surface area (Å²) in [7, 11) is 0. The highest BCUT2D eigenvalue weighted by Gasteiger charge is 2.43. The third kappa shape index (κ3) is 5.70. The molecule has 0 spiro atoms. The first kappa shape index (κ1) is 24.7. The minimum Gasteiger partial charge on any atom is -0.481 e. The van der Waals surface area contributed by atoms with Crippen molar-refractivity contribution in [1.82, 2.24) is 24.8 Å². The molecular weight excluding hydrogens is 458 g/mol. The van der Waals surface area contributed by atoms with E-state index in [-0.39, 0.29) is 11.2 Å². The molecule has 1 amide bonds. The average molecular weight is 484 g/mol. The van der Waals surface area contributed by atoms with Gasteiger partial charge >= 0.3 is 5.97 Å². The van der Waals surface area contributed by atoms with Gasteiger partial charge in [-0.25, -0.2) is 9.97 Å². The zero-order valence-corrected chi connectivity index (χ0v) is 18.1. The lowest BCUT2D eigenvalue weighted by atomic mass is 10.1. The molecule has 5 atom stereocenters. The summed E-state index contributed by atoms with van der Waals surface area (Å²) < 4.78 is 7.20.